The Hall–Kier alpha value is -4.79. The molecule has 0 fully saturated rings. The molecule has 0 spiro atoms. The van der Waals surface area contributed by atoms with E-state index in [1.54, 1.807) is 6.07 Å². The van der Waals surface area contributed by atoms with Crippen molar-refractivity contribution in [1.29, 1.82) is 5.26 Å². The summed E-state index contributed by atoms with van der Waals surface area (Å²) in [7, 11) is -1.57. The second-order valence-corrected chi connectivity index (χ2v) is 15.2. The second-order valence-electron chi connectivity index (χ2n) is 10.2. The van der Waals surface area contributed by atoms with Gasteiger partial charge in [-0.2, -0.15) is 5.26 Å². The van der Waals surface area contributed by atoms with Crippen LogP contribution in [0.15, 0.2) is 188 Å². The zero-order valence-corrected chi connectivity index (χ0v) is 27.1. The Morgan fingerprint density at radius 3 is 1.13 bits per heavy atom. The number of anilines is 1. The van der Waals surface area contributed by atoms with Gasteiger partial charge in [-0.25, -0.2) is 0 Å². The van der Waals surface area contributed by atoms with Crippen LogP contribution < -0.4 is 26.5 Å². The Balaban J connectivity index is 0.00000128. The Labute approximate surface area is 270 Å². The van der Waals surface area contributed by atoms with E-state index in [9.17, 15) is 0 Å². The lowest BCUT2D eigenvalue weighted by atomic mass is 10.1. The van der Waals surface area contributed by atoms with Gasteiger partial charge < -0.3 is 5.32 Å². The molecule has 0 aromatic heterocycles. The normalized spacial score (nSPS) is 11.0. The third-order valence-electron chi connectivity index (χ3n) is 7.12. The van der Waals surface area contributed by atoms with Crippen LogP contribution in [-0.2, 0) is 0 Å². The summed E-state index contributed by atoms with van der Waals surface area (Å²) in [5.41, 5.74) is 3.39. The second kappa shape index (κ2) is 16.9. The first kappa shape index (κ1) is 31.6. The number of nitriles is 1. The van der Waals surface area contributed by atoms with Gasteiger partial charge in [0, 0.05) is 23.7 Å². The molecule has 2 nitrogen and oxygen atoms in total. The molecule has 6 aromatic carbocycles. The first-order valence-corrected chi connectivity index (χ1v) is 17.8. The van der Waals surface area contributed by atoms with Crippen molar-refractivity contribution in [2.24, 2.45) is 0 Å². The molecule has 0 saturated carbocycles. The summed E-state index contributed by atoms with van der Waals surface area (Å²) in [5.74, 6) is 0. The minimum absolute atomic E-state index is 0.205. The molecule has 0 heterocycles. The number of nitrogens with one attached hydrogen (secondary N) is 1. The van der Waals surface area contributed by atoms with Gasteiger partial charge in [0.2, 0.25) is 0 Å². The van der Waals surface area contributed by atoms with Gasteiger partial charge in [-0.3, -0.25) is 0 Å². The van der Waals surface area contributed by atoms with Crippen molar-refractivity contribution in [1.82, 2.24) is 0 Å². The van der Waals surface area contributed by atoms with Crippen LogP contribution in [0.2, 0.25) is 0 Å². The molecule has 6 aromatic rings. The number of benzene rings is 6. The molecular formula is C41H36N2P2. The maximum absolute atomic E-state index is 7.32. The average molecular weight is 619 g/mol. The molecule has 0 aliphatic heterocycles. The van der Waals surface area contributed by atoms with Crippen LogP contribution in [0.5, 0.6) is 0 Å². The summed E-state index contributed by atoms with van der Waals surface area (Å²) >= 11 is 0. The predicted molar refractivity (Wildman–Crippen MR) is 198 cm³/mol. The fraction of sp³-hybridized carbons (Fsp3) is 0.0488. The third-order valence-corrected chi connectivity index (χ3v) is 13.3. The van der Waals surface area contributed by atoms with E-state index in [-0.39, 0.29) is 5.40 Å². The summed E-state index contributed by atoms with van der Waals surface area (Å²) in [6.07, 6.45) is 2.54. The molecule has 4 heteroatoms. The fourth-order valence-electron chi connectivity index (χ4n) is 5.18. The maximum Gasteiger partial charge on any atom is 0.0587 e. The van der Waals surface area contributed by atoms with Gasteiger partial charge in [0.1, 0.15) is 0 Å². The largest absolute Gasteiger partial charge is 0.355 e. The van der Waals surface area contributed by atoms with E-state index in [0.29, 0.717) is 0 Å². The standard InChI is InChI=1S/C39H33NP2.C2H3N/c1-7-19-32(20-8-1)38(40-33-21-9-2-10-22-33)31-39(41(34-23-11-3-12-24-34)35-25-13-4-14-26-35)42(36-27-15-5-16-28-36)37-29-17-6-18-30-37;1-2-3/h1-31,39-40H;1H3/b38-31-;. The van der Waals surface area contributed by atoms with Gasteiger partial charge in [0.05, 0.1) is 6.07 Å². The van der Waals surface area contributed by atoms with Crippen molar-refractivity contribution in [3.63, 3.8) is 0 Å². The predicted octanol–water partition coefficient (Wildman–Crippen LogP) is 9.26. The Bertz CT molecular complexity index is 1610. The minimum Gasteiger partial charge on any atom is -0.355 e. The zero-order valence-electron chi connectivity index (χ0n) is 25.3. The lowest BCUT2D eigenvalue weighted by molar-refractivity contribution is 1.48. The van der Waals surface area contributed by atoms with Crippen LogP contribution in [-0.4, -0.2) is 5.40 Å². The number of hydrogen-bond acceptors (Lipinski definition) is 2. The monoisotopic (exact) mass is 618 g/mol. The van der Waals surface area contributed by atoms with Gasteiger partial charge in [-0.1, -0.05) is 170 Å². The Morgan fingerprint density at radius 1 is 0.511 bits per heavy atom. The smallest absolute Gasteiger partial charge is 0.0587 e. The highest BCUT2D eigenvalue weighted by molar-refractivity contribution is 7.89. The number of rotatable bonds is 10. The van der Waals surface area contributed by atoms with E-state index in [4.69, 9.17) is 5.26 Å². The van der Waals surface area contributed by atoms with Crippen LogP contribution in [0, 0.1) is 11.3 Å². The van der Waals surface area contributed by atoms with Gasteiger partial charge in [-0.05, 0) is 60.8 Å². The van der Waals surface area contributed by atoms with E-state index in [2.05, 4.69) is 193 Å². The molecule has 0 unspecified atom stereocenters. The third kappa shape index (κ3) is 8.65. The number of allylic oxidation sites excluding steroid dienone is 1. The van der Waals surface area contributed by atoms with Crippen molar-refractivity contribution >= 4 is 48.4 Å². The topological polar surface area (TPSA) is 35.8 Å². The Morgan fingerprint density at radius 2 is 0.800 bits per heavy atom. The molecule has 0 radical (unpaired) electrons. The van der Waals surface area contributed by atoms with Crippen LogP contribution in [0.3, 0.4) is 0 Å². The fourth-order valence-corrected chi connectivity index (χ4v) is 12.1. The highest BCUT2D eigenvalue weighted by atomic mass is 31.2. The van der Waals surface area contributed by atoms with Crippen molar-refractivity contribution in [3.05, 3.63) is 194 Å². The molecule has 1 N–H and O–H groups in total. The van der Waals surface area contributed by atoms with Gasteiger partial charge in [0.15, 0.2) is 0 Å². The van der Waals surface area contributed by atoms with E-state index in [1.807, 2.05) is 0 Å². The quantitative estimate of drug-likeness (QED) is 0.155. The van der Waals surface area contributed by atoms with Gasteiger partial charge >= 0.3 is 0 Å². The Kier molecular flexibility index (Phi) is 11.9. The summed E-state index contributed by atoms with van der Waals surface area (Å²) in [4.78, 5) is 0. The molecule has 220 valence electrons. The zero-order chi connectivity index (χ0) is 31.1. The molecule has 0 aliphatic rings. The first-order valence-electron chi connectivity index (χ1n) is 15.0. The van der Waals surface area contributed by atoms with Gasteiger partial charge in [-0.15, -0.1) is 0 Å². The molecule has 0 atom stereocenters. The van der Waals surface area contributed by atoms with Crippen molar-refractivity contribution < 1.29 is 0 Å². The van der Waals surface area contributed by atoms with Crippen LogP contribution in [0.1, 0.15) is 12.5 Å². The lowest BCUT2D eigenvalue weighted by Gasteiger charge is -2.35. The maximum atomic E-state index is 7.32. The summed E-state index contributed by atoms with van der Waals surface area (Å²) in [6, 6.07) is 67.5. The highest BCUT2D eigenvalue weighted by Crippen LogP contribution is 2.57. The van der Waals surface area contributed by atoms with E-state index in [1.165, 1.54) is 33.7 Å². The van der Waals surface area contributed by atoms with E-state index < -0.39 is 15.8 Å². The summed E-state index contributed by atoms with van der Waals surface area (Å²) in [5, 5.41) is 16.9. The molecule has 6 rings (SSSR count). The average Bonchev–Trinajstić information content (AvgIpc) is 3.11. The highest BCUT2D eigenvalue weighted by Gasteiger charge is 2.33. The molecule has 45 heavy (non-hydrogen) atoms. The molecule has 0 bridgehead atoms. The number of nitrogens with zero attached hydrogens (tertiary/aromatic N) is 1. The first-order chi connectivity index (χ1) is 22.3. The SMILES string of the molecule is C(=C(/Nc1ccccc1)c1ccccc1)/C(P(c1ccccc1)c1ccccc1)P(c1ccccc1)c1ccccc1.CC#N. The van der Waals surface area contributed by atoms with E-state index in [0.717, 1.165) is 11.4 Å². The minimum atomic E-state index is -0.786. The number of hydrogen-bond donors (Lipinski definition) is 1. The van der Waals surface area contributed by atoms with Gasteiger partial charge in [0.25, 0.3) is 0 Å². The van der Waals surface area contributed by atoms with Crippen molar-refractivity contribution in [2.45, 2.75) is 12.3 Å². The molecular weight excluding hydrogens is 582 g/mol. The van der Waals surface area contributed by atoms with Crippen molar-refractivity contribution in [2.75, 3.05) is 5.32 Å². The van der Waals surface area contributed by atoms with Crippen LogP contribution in [0.25, 0.3) is 5.70 Å². The molecule has 0 amide bonds. The van der Waals surface area contributed by atoms with E-state index >= 15 is 0 Å². The summed E-state index contributed by atoms with van der Waals surface area (Å²) < 4.78 is 0. The summed E-state index contributed by atoms with van der Waals surface area (Å²) in [6.45, 7) is 1.43. The molecule has 0 saturated heterocycles. The molecule has 0 aliphatic carbocycles. The van der Waals surface area contributed by atoms with Crippen molar-refractivity contribution in [3.8, 4) is 6.07 Å². The lowest BCUT2D eigenvalue weighted by Crippen LogP contribution is -2.27. The number of para-hydroxylation sites is 1. The van der Waals surface area contributed by atoms with Crippen LogP contribution in [0.4, 0.5) is 5.69 Å². The van der Waals surface area contributed by atoms with Crippen LogP contribution >= 0.6 is 15.8 Å².